The number of carboxylic acids is 1. The maximum atomic E-state index is 10.4. The lowest BCUT2D eigenvalue weighted by molar-refractivity contribution is -0.308. The van der Waals surface area contributed by atoms with Crippen molar-refractivity contribution in [2.24, 2.45) is 11.7 Å². The molecular weight excluding hydrogens is 154 g/mol. The average Bonchev–Trinajstić information content (AvgIpc) is 2.05. The zero-order chi connectivity index (χ0) is 9.56. The molecule has 0 aromatic heterocycles. The van der Waals surface area contributed by atoms with E-state index in [4.69, 9.17) is 5.73 Å². The highest BCUT2D eigenvalue weighted by atomic mass is 16.4. The third-order valence-corrected chi connectivity index (χ3v) is 2.23. The first-order valence-corrected chi connectivity index (χ1v) is 4.59. The van der Waals surface area contributed by atoms with E-state index in [1.54, 1.807) is 0 Å². The smallest absolute Gasteiger partial charge is 0.0585 e. The summed E-state index contributed by atoms with van der Waals surface area (Å²) < 4.78 is 0. The molecule has 0 saturated heterocycles. The van der Waals surface area contributed by atoms with Crippen molar-refractivity contribution in [2.75, 3.05) is 0 Å². The molecule has 12 heavy (non-hydrogen) atoms. The summed E-state index contributed by atoms with van der Waals surface area (Å²) in [4.78, 5) is 10.4. The summed E-state index contributed by atoms with van der Waals surface area (Å²) in [5.74, 6) is -1.05. The van der Waals surface area contributed by atoms with Crippen molar-refractivity contribution in [1.82, 2.24) is 0 Å². The molecule has 0 amide bonds. The number of carbonyl (C=O) groups is 1. The summed E-state index contributed by atoms with van der Waals surface area (Å²) in [6.45, 7) is 4.04. The predicted molar refractivity (Wildman–Crippen MR) is 46.3 cm³/mol. The summed E-state index contributed by atoms with van der Waals surface area (Å²) in [7, 11) is 0. The molecule has 1 unspecified atom stereocenters. The summed E-state index contributed by atoms with van der Waals surface area (Å²) in [5, 5.41) is 10.4. The van der Waals surface area contributed by atoms with Crippen molar-refractivity contribution < 1.29 is 9.90 Å². The van der Waals surface area contributed by atoms with Crippen molar-refractivity contribution in [3.63, 3.8) is 0 Å². The van der Waals surface area contributed by atoms with Gasteiger partial charge in [-0.1, -0.05) is 33.1 Å². The molecule has 0 aromatic carbocycles. The number of hydrogen-bond donors (Lipinski definition) is 1. The van der Waals surface area contributed by atoms with Crippen LogP contribution in [0.25, 0.3) is 0 Å². The second-order valence-electron chi connectivity index (χ2n) is 3.16. The number of aliphatic carboxylic acids is 1. The van der Waals surface area contributed by atoms with Crippen LogP contribution >= 0.6 is 0 Å². The largest absolute Gasteiger partial charge is 0.548 e. The van der Waals surface area contributed by atoms with E-state index in [-0.39, 0.29) is 5.92 Å². The number of carboxylic acid groups (broad SMARTS) is 1. The minimum atomic E-state index is -1.13. The lowest BCUT2D eigenvalue weighted by Crippen LogP contribution is -2.46. The molecule has 0 radical (unpaired) electrons. The minimum absolute atomic E-state index is 0.0787. The van der Waals surface area contributed by atoms with Gasteiger partial charge in [-0.3, -0.25) is 0 Å². The van der Waals surface area contributed by atoms with Gasteiger partial charge < -0.3 is 15.6 Å². The van der Waals surface area contributed by atoms with E-state index in [1.807, 2.05) is 6.92 Å². The quantitative estimate of drug-likeness (QED) is 0.625. The Morgan fingerprint density at radius 1 is 1.50 bits per heavy atom. The molecule has 0 heterocycles. The van der Waals surface area contributed by atoms with Crippen LogP contribution in [0.2, 0.25) is 0 Å². The molecule has 0 rings (SSSR count). The van der Waals surface area contributed by atoms with Crippen LogP contribution < -0.4 is 10.8 Å². The lowest BCUT2D eigenvalue weighted by atomic mass is 9.92. The van der Waals surface area contributed by atoms with E-state index in [2.05, 4.69) is 6.92 Å². The molecule has 3 heteroatoms. The second kappa shape index (κ2) is 6.00. The Bertz CT molecular complexity index is 136. The van der Waals surface area contributed by atoms with Crippen LogP contribution in [0.5, 0.6) is 0 Å². The fourth-order valence-corrected chi connectivity index (χ4v) is 1.30. The predicted octanol–water partition coefficient (Wildman–Crippen LogP) is 0.280. The van der Waals surface area contributed by atoms with Crippen LogP contribution in [0.1, 0.15) is 39.5 Å². The third-order valence-electron chi connectivity index (χ3n) is 2.23. The van der Waals surface area contributed by atoms with E-state index in [1.165, 1.54) is 0 Å². The third kappa shape index (κ3) is 3.72. The van der Waals surface area contributed by atoms with E-state index in [9.17, 15) is 9.90 Å². The molecule has 0 aliphatic heterocycles. The van der Waals surface area contributed by atoms with Crippen LogP contribution in [-0.2, 0) is 4.79 Å². The normalized spacial score (nSPS) is 15.6. The van der Waals surface area contributed by atoms with E-state index in [0.29, 0.717) is 0 Å². The summed E-state index contributed by atoms with van der Waals surface area (Å²) in [6, 6.07) is -0.790. The van der Waals surface area contributed by atoms with Crippen molar-refractivity contribution in [3.8, 4) is 0 Å². The van der Waals surface area contributed by atoms with Gasteiger partial charge in [-0.15, -0.1) is 0 Å². The van der Waals surface area contributed by atoms with Gasteiger partial charge in [0.2, 0.25) is 0 Å². The summed E-state index contributed by atoms with van der Waals surface area (Å²) in [6.07, 6.45) is 3.83. The fraction of sp³-hybridized carbons (Fsp3) is 0.889. The molecule has 3 nitrogen and oxygen atoms in total. The zero-order valence-electron chi connectivity index (χ0n) is 7.88. The van der Waals surface area contributed by atoms with Gasteiger partial charge in [0.05, 0.1) is 5.97 Å². The summed E-state index contributed by atoms with van der Waals surface area (Å²) in [5.41, 5.74) is 5.45. The number of carbonyl (C=O) groups excluding carboxylic acids is 1. The molecule has 2 atom stereocenters. The van der Waals surface area contributed by atoms with Gasteiger partial charge in [0.1, 0.15) is 0 Å². The molecule has 0 spiro atoms. The standard InChI is InChI=1S/C9H19NO2/c1-3-5-6-7(4-2)8(10)9(11)12/h7-8H,3-6,10H2,1-2H3,(H,11,12)/p-1/t7?,8-/m0/s1. The van der Waals surface area contributed by atoms with Crippen LogP contribution in [0.15, 0.2) is 0 Å². The van der Waals surface area contributed by atoms with Gasteiger partial charge in [0, 0.05) is 6.04 Å². The second-order valence-corrected chi connectivity index (χ2v) is 3.16. The number of nitrogens with two attached hydrogens (primary N) is 1. The van der Waals surface area contributed by atoms with Crippen LogP contribution in [-0.4, -0.2) is 12.0 Å². The van der Waals surface area contributed by atoms with Crippen molar-refractivity contribution in [1.29, 1.82) is 0 Å². The Morgan fingerprint density at radius 3 is 2.42 bits per heavy atom. The molecule has 2 N–H and O–H groups in total. The summed E-state index contributed by atoms with van der Waals surface area (Å²) >= 11 is 0. The van der Waals surface area contributed by atoms with Crippen molar-refractivity contribution in [3.05, 3.63) is 0 Å². The van der Waals surface area contributed by atoms with Gasteiger partial charge in [-0.05, 0) is 12.3 Å². The molecular formula is C9H18NO2-. The SMILES string of the molecule is CCCCC(CC)[C@H](N)C(=O)[O-]. The Labute approximate surface area is 74.0 Å². The van der Waals surface area contributed by atoms with Gasteiger partial charge >= 0.3 is 0 Å². The van der Waals surface area contributed by atoms with Gasteiger partial charge in [0.25, 0.3) is 0 Å². The monoisotopic (exact) mass is 172 g/mol. The Morgan fingerprint density at radius 2 is 2.08 bits per heavy atom. The topological polar surface area (TPSA) is 66.2 Å². The van der Waals surface area contributed by atoms with Crippen LogP contribution in [0.4, 0.5) is 0 Å². The Hall–Kier alpha value is -0.570. The number of rotatable bonds is 6. The number of unbranched alkanes of at least 4 members (excludes halogenated alkanes) is 1. The first-order valence-electron chi connectivity index (χ1n) is 4.59. The van der Waals surface area contributed by atoms with E-state index < -0.39 is 12.0 Å². The molecule has 72 valence electrons. The number of hydrogen-bond acceptors (Lipinski definition) is 3. The Balaban J connectivity index is 3.87. The van der Waals surface area contributed by atoms with Crippen molar-refractivity contribution in [2.45, 2.75) is 45.6 Å². The first kappa shape index (κ1) is 11.4. The fourth-order valence-electron chi connectivity index (χ4n) is 1.30. The highest BCUT2D eigenvalue weighted by Crippen LogP contribution is 2.15. The highest BCUT2D eigenvalue weighted by molar-refractivity contribution is 5.71. The zero-order valence-corrected chi connectivity index (χ0v) is 7.88. The van der Waals surface area contributed by atoms with E-state index in [0.717, 1.165) is 25.7 Å². The molecule has 0 aliphatic carbocycles. The van der Waals surface area contributed by atoms with Gasteiger partial charge in [-0.2, -0.15) is 0 Å². The minimum Gasteiger partial charge on any atom is -0.548 e. The maximum absolute atomic E-state index is 10.4. The average molecular weight is 172 g/mol. The van der Waals surface area contributed by atoms with Crippen LogP contribution in [0.3, 0.4) is 0 Å². The van der Waals surface area contributed by atoms with Gasteiger partial charge in [-0.25, -0.2) is 0 Å². The first-order chi connectivity index (χ1) is 5.63. The van der Waals surface area contributed by atoms with E-state index >= 15 is 0 Å². The maximum Gasteiger partial charge on any atom is 0.0585 e. The molecule has 0 bridgehead atoms. The highest BCUT2D eigenvalue weighted by Gasteiger charge is 2.15. The van der Waals surface area contributed by atoms with Gasteiger partial charge in [0.15, 0.2) is 0 Å². The molecule has 0 aliphatic rings. The Kier molecular flexibility index (Phi) is 5.72. The van der Waals surface area contributed by atoms with Crippen molar-refractivity contribution >= 4 is 5.97 Å². The molecule has 0 saturated carbocycles. The molecule has 0 aromatic rings. The van der Waals surface area contributed by atoms with Crippen LogP contribution in [0, 0.1) is 5.92 Å². The lowest BCUT2D eigenvalue weighted by Gasteiger charge is -2.22. The molecule has 0 fully saturated rings.